The highest BCUT2D eigenvalue weighted by atomic mass is 32.2. The Balaban J connectivity index is 1.55. The van der Waals surface area contributed by atoms with E-state index >= 15 is 0 Å². The van der Waals surface area contributed by atoms with Crippen LogP contribution in [-0.2, 0) is 14.8 Å². The molecule has 2 aromatic carbocycles. The van der Waals surface area contributed by atoms with Gasteiger partial charge in [0.15, 0.2) is 6.61 Å². The monoisotopic (exact) mass is 497 g/mol. The molecule has 1 fully saturated rings. The first-order chi connectivity index (χ1) is 16.7. The van der Waals surface area contributed by atoms with Gasteiger partial charge in [0.05, 0.1) is 18.1 Å². The molecule has 0 aliphatic carbocycles. The minimum atomic E-state index is -3.65. The number of amides is 1. The van der Waals surface area contributed by atoms with E-state index < -0.39 is 15.9 Å². The van der Waals surface area contributed by atoms with Gasteiger partial charge in [-0.05, 0) is 62.4 Å². The maximum absolute atomic E-state index is 13.1. The molecule has 9 nitrogen and oxygen atoms in total. The maximum atomic E-state index is 13.1. The van der Waals surface area contributed by atoms with Crippen molar-refractivity contribution in [2.75, 3.05) is 32.9 Å². The molecule has 184 valence electrons. The molecule has 1 amide bonds. The van der Waals surface area contributed by atoms with E-state index in [1.807, 2.05) is 24.5 Å². The molecular weight excluding hydrogens is 470 g/mol. The highest BCUT2D eigenvalue weighted by Crippen LogP contribution is 2.25. The summed E-state index contributed by atoms with van der Waals surface area (Å²) in [6.45, 7) is 4.86. The third-order valence-electron chi connectivity index (χ3n) is 5.92. The Labute approximate surface area is 204 Å². The Morgan fingerprint density at radius 3 is 2.37 bits per heavy atom. The second-order valence-corrected chi connectivity index (χ2v) is 10.2. The van der Waals surface area contributed by atoms with Gasteiger partial charge in [0, 0.05) is 41.3 Å². The van der Waals surface area contributed by atoms with Gasteiger partial charge in [-0.25, -0.2) is 8.42 Å². The number of hydrogen-bond donors (Lipinski definition) is 1. The zero-order valence-electron chi connectivity index (χ0n) is 19.6. The van der Waals surface area contributed by atoms with Gasteiger partial charge in [-0.2, -0.15) is 4.31 Å². The van der Waals surface area contributed by atoms with E-state index in [0.29, 0.717) is 54.6 Å². The average molecular weight is 498 g/mol. The highest BCUT2D eigenvalue weighted by Gasteiger charge is 2.27. The fourth-order valence-electron chi connectivity index (χ4n) is 4.10. The van der Waals surface area contributed by atoms with Gasteiger partial charge in [-0.1, -0.05) is 6.07 Å². The smallest absolute Gasteiger partial charge is 0.248 e. The van der Waals surface area contributed by atoms with Gasteiger partial charge in [0.1, 0.15) is 5.75 Å². The zero-order chi connectivity index (χ0) is 25.2. The van der Waals surface area contributed by atoms with Crippen molar-refractivity contribution in [3.8, 4) is 11.4 Å². The summed E-state index contributed by atoms with van der Waals surface area (Å²) in [5, 5.41) is 0. The summed E-state index contributed by atoms with van der Waals surface area (Å²) < 4.78 is 40.3. The molecule has 1 aliphatic rings. The number of primary amides is 1. The number of aromatic nitrogens is 1. The van der Waals surface area contributed by atoms with E-state index in [1.54, 1.807) is 36.4 Å². The van der Waals surface area contributed by atoms with Crippen LogP contribution in [0.25, 0.3) is 5.69 Å². The molecule has 3 aromatic rings. The number of rotatable bonds is 8. The lowest BCUT2D eigenvalue weighted by atomic mass is 10.1. The van der Waals surface area contributed by atoms with Crippen LogP contribution in [0.1, 0.15) is 32.1 Å². The predicted octanol–water partition coefficient (Wildman–Crippen LogP) is 2.48. The van der Waals surface area contributed by atoms with Crippen molar-refractivity contribution in [1.29, 1.82) is 0 Å². The van der Waals surface area contributed by atoms with Crippen LogP contribution in [0.5, 0.6) is 5.75 Å². The summed E-state index contributed by atoms with van der Waals surface area (Å²) in [5.74, 6) is -0.319. The molecule has 0 radical (unpaired) electrons. The highest BCUT2D eigenvalue weighted by molar-refractivity contribution is 7.89. The maximum Gasteiger partial charge on any atom is 0.248 e. The molecule has 10 heteroatoms. The molecule has 35 heavy (non-hydrogen) atoms. The summed E-state index contributed by atoms with van der Waals surface area (Å²) in [7, 11) is -3.65. The van der Waals surface area contributed by atoms with Crippen molar-refractivity contribution in [1.82, 2.24) is 8.87 Å². The van der Waals surface area contributed by atoms with Crippen LogP contribution in [0, 0.1) is 13.8 Å². The number of benzene rings is 2. The van der Waals surface area contributed by atoms with E-state index in [1.165, 1.54) is 16.4 Å². The van der Waals surface area contributed by atoms with E-state index in [4.69, 9.17) is 15.2 Å². The van der Waals surface area contributed by atoms with Crippen molar-refractivity contribution < 1.29 is 27.5 Å². The number of Topliss-reactive ketones (excluding diaryl/α,β-unsaturated/α-hetero) is 1. The van der Waals surface area contributed by atoms with E-state index in [-0.39, 0.29) is 17.3 Å². The number of nitrogens with two attached hydrogens (primary N) is 1. The minimum Gasteiger partial charge on any atom is -0.485 e. The summed E-state index contributed by atoms with van der Waals surface area (Å²) in [6, 6.07) is 14.7. The van der Waals surface area contributed by atoms with Crippen molar-refractivity contribution in [3.63, 3.8) is 0 Å². The lowest BCUT2D eigenvalue weighted by molar-refractivity contribution is 0.0730. The molecule has 2 N–H and O–H groups in total. The van der Waals surface area contributed by atoms with Gasteiger partial charge >= 0.3 is 0 Å². The largest absolute Gasteiger partial charge is 0.485 e. The lowest BCUT2D eigenvalue weighted by Gasteiger charge is -2.26. The van der Waals surface area contributed by atoms with E-state index in [0.717, 1.165) is 5.69 Å². The summed E-state index contributed by atoms with van der Waals surface area (Å²) in [5.41, 5.74) is 8.19. The first-order valence-corrected chi connectivity index (χ1v) is 12.6. The van der Waals surface area contributed by atoms with Crippen LogP contribution in [-0.4, -0.2) is 61.9 Å². The Kier molecular flexibility index (Phi) is 7.06. The number of nitrogens with zero attached hydrogens (tertiary/aromatic N) is 2. The van der Waals surface area contributed by atoms with Crippen molar-refractivity contribution in [2.24, 2.45) is 5.73 Å². The summed E-state index contributed by atoms with van der Waals surface area (Å²) in [6.07, 6.45) is 0. The number of ketones is 1. The van der Waals surface area contributed by atoms with Crippen LogP contribution in [0.3, 0.4) is 0 Å². The van der Waals surface area contributed by atoms with Crippen LogP contribution >= 0.6 is 0 Å². The number of aryl methyl sites for hydroxylation is 1. The topological polar surface area (TPSA) is 121 Å². The first kappa shape index (κ1) is 24.6. The second-order valence-electron chi connectivity index (χ2n) is 8.23. The number of carbonyl (C=O) groups excluding carboxylic acids is 2. The van der Waals surface area contributed by atoms with Gasteiger partial charge in [0.2, 0.25) is 21.7 Å². The number of carbonyl (C=O) groups is 2. The zero-order valence-corrected chi connectivity index (χ0v) is 20.4. The third kappa shape index (κ3) is 5.14. The lowest BCUT2D eigenvalue weighted by Crippen LogP contribution is -2.40. The number of sulfonamides is 1. The van der Waals surface area contributed by atoms with Crippen molar-refractivity contribution in [2.45, 2.75) is 18.7 Å². The van der Waals surface area contributed by atoms with Crippen LogP contribution in [0.2, 0.25) is 0 Å². The Bertz CT molecular complexity index is 1360. The quantitative estimate of drug-likeness (QED) is 0.477. The van der Waals surface area contributed by atoms with Crippen LogP contribution in [0.4, 0.5) is 0 Å². The molecule has 0 bridgehead atoms. The van der Waals surface area contributed by atoms with Gasteiger partial charge < -0.3 is 19.8 Å². The Morgan fingerprint density at radius 1 is 1.03 bits per heavy atom. The molecular formula is C25H27N3O6S. The molecule has 0 atom stereocenters. The van der Waals surface area contributed by atoms with Crippen LogP contribution in [0.15, 0.2) is 59.5 Å². The fraction of sp³-hybridized carbons (Fsp3) is 0.280. The molecule has 0 saturated carbocycles. The van der Waals surface area contributed by atoms with E-state index in [9.17, 15) is 18.0 Å². The first-order valence-electron chi connectivity index (χ1n) is 11.1. The van der Waals surface area contributed by atoms with E-state index in [2.05, 4.69) is 0 Å². The minimum absolute atomic E-state index is 0.189. The predicted molar refractivity (Wildman–Crippen MR) is 130 cm³/mol. The van der Waals surface area contributed by atoms with Gasteiger partial charge in [0.25, 0.3) is 0 Å². The fourth-order valence-corrected chi connectivity index (χ4v) is 5.55. The van der Waals surface area contributed by atoms with Crippen LogP contribution < -0.4 is 10.5 Å². The Hall–Kier alpha value is -3.47. The molecule has 2 heterocycles. The number of ether oxygens (including phenoxy) is 2. The van der Waals surface area contributed by atoms with Crippen molar-refractivity contribution >= 4 is 21.7 Å². The molecule has 1 saturated heterocycles. The SMILES string of the molecule is Cc1cc(C(=O)COc2ccc(C(N)=O)cc2)c(C)n1-c1cccc(S(=O)(=O)N2CCOCC2)c1. The third-order valence-corrected chi connectivity index (χ3v) is 7.82. The molecule has 1 aliphatic heterocycles. The normalized spacial score (nSPS) is 14.6. The molecule has 0 spiro atoms. The van der Waals surface area contributed by atoms with Crippen molar-refractivity contribution in [3.05, 3.63) is 77.1 Å². The standard InChI is InChI=1S/C25H27N3O6S/c1-17-14-23(24(29)16-34-21-8-6-19(7-9-21)25(26)30)18(2)28(17)20-4-3-5-22(15-20)35(31,32)27-10-12-33-13-11-27/h3-9,14-15H,10-13,16H2,1-2H3,(H2,26,30). The summed E-state index contributed by atoms with van der Waals surface area (Å²) >= 11 is 0. The Morgan fingerprint density at radius 2 is 1.71 bits per heavy atom. The second kappa shape index (κ2) is 10.0. The van der Waals surface area contributed by atoms with Gasteiger partial charge in [-0.15, -0.1) is 0 Å². The number of hydrogen-bond acceptors (Lipinski definition) is 6. The van der Waals surface area contributed by atoms with Gasteiger partial charge in [-0.3, -0.25) is 9.59 Å². The molecule has 0 unspecified atom stereocenters. The average Bonchev–Trinajstić information content (AvgIpc) is 3.17. The molecule has 4 rings (SSSR count). The summed E-state index contributed by atoms with van der Waals surface area (Å²) in [4.78, 5) is 24.3. The molecule has 1 aromatic heterocycles. The number of morpholine rings is 1.